The van der Waals surface area contributed by atoms with E-state index in [0.717, 1.165) is 97.6 Å². The van der Waals surface area contributed by atoms with Crippen LogP contribution in [0, 0.1) is 0 Å². The first-order valence-corrected chi connectivity index (χ1v) is 46.5. The molecule has 0 saturated carbocycles. The fourth-order valence-electron chi connectivity index (χ4n) is 15.3. The van der Waals surface area contributed by atoms with Crippen LogP contribution in [-0.2, 0) is 115 Å². The van der Waals surface area contributed by atoms with E-state index >= 15 is 14.2 Å². The number of rotatable bonds is 64. The number of ether oxygens (including phenoxy) is 10. The summed E-state index contributed by atoms with van der Waals surface area (Å²) in [6, 6.07) is 56.2. The van der Waals surface area contributed by atoms with Gasteiger partial charge in [0.25, 0.3) is 0 Å². The largest absolute Gasteiger partial charge is 0.462 e. The molecule has 0 spiro atoms. The summed E-state index contributed by atoms with van der Waals surface area (Å²) in [4.78, 5) is 44.9. The summed E-state index contributed by atoms with van der Waals surface area (Å²) in [5.41, 5.74) is 5.23. The van der Waals surface area contributed by atoms with E-state index in [9.17, 15) is 4.79 Å². The zero-order valence-corrected chi connectivity index (χ0v) is 71.9. The lowest BCUT2D eigenvalue weighted by atomic mass is 9.94. The van der Waals surface area contributed by atoms with Gasteiger partial charge < -0.3 is 62.5 Å². The Balaban J connectivity index is 1.16. The Labute approximate surface area is 701 Å². The Hall–Kier alpha value is -6.74. The number of carbonyl (C=O) groups is 3. The monoisotopic (exact) mass is 1630 g/mol. The van der Waals surface area contributed by atoms with E-state index < -0.39 is 87.0 Å². The van der Waals surface area contributed by atoms with Gasteiger partial charge in [0.1, 0.15) is 54.8 Å². The van der Waals surface area contributed by atoms with E-state index in [4.69, 9.17) is 56.4 Å². The van der Waals surface area contributed by atoms with Gasteiger partial charge in [-0.3, -0.25) is 23.5 Å². The van der Waals surface area contributed by atoms with Crippen LogP contribution in [0.4, 0.5) is 0 Å². The molecule has 11 unspecified atom stereocenters. The van der Waals surface area contributed by atoms with Crippen LogP contribution >= 0.6 is 7.60 Å². The second kappa shape index (κ2) is 58.3. The average Bonchev–Trinajstić information content (AvgIpc) is 0.776. The number of hydrogen-bond acceptors (Lipinski definition) is 16. The molecule has 2 amide bonds. The molecule has 2 heterocycles. The number of carbonyl (C=O) groups excluding carboxylic acids is 3. The van der Waals surface area contributed by atoms with E-state index in [1.807, 2.05) is 182 Å². The van der Waals surface area contributed by atoms with Crippen molar-refractivity contribution in [3.63, 3.8) is 0 Å². The first kappa shape index (κ1) is 95.7. The molecule has 13 atom stereocenters. The summed E-state index contributed by atoms with van der Waals surface area (Å²) in [7, 11) is -4.08. The maximum atomic E-state index is 15.6. The van der Waals surface area contributed by atoms with Gasteiger partial charge in [0.2, 0.25) is 11.8 Å². The van der Waals surface area contributed by atoms with Crippen molar-refractivity contribution < 1.29 is 75.4 Å². The predicted octanol–water partition coefficient (Wildman–Crippen LogP) is 22.1. The van der Waals surface area contributed by atoms with Crippen LogP contribution in [-0.4, -0.2) is 118 Å². The first-order valence-electron chi connectivity index (χ1n) is 44.5. The number of benzene rings is 6. The minimum Gasteiger partial charge on any atom is -0.462 e. The maximum absolute atomic E-state index is 15.6. The van der Waals surface area contributed by atoms with Gasteiger partial charge in [-0.1, -0.05) is 369 Å². The molecular formula is C98H141N2O16P. The minimum atomic E-state index is -4.08. The van der Waals surface area contributed by atoms with Crippen LogP contribution in [0.15, 0.2) is 195 Å². The molecule has 2 saturated heterocycles. The predicted molar refractivity (Wildman–Crippen MR) is 464 cm³/mol. The van der Waals surface area contributed by atoms with Gasteiger partial charge in [-0.25, -0.2) is 0 Å². The van der Waals surface area contributed by atoms with Crippen LogP contribution in [0.5, 0.6) is 0 Å². The summed E-state index contributed by atoms with van der Waals surface area (Å²) >= 11 is 0. The lowest BCUT2D eigenvalue weighted by molar-refractivity contribution is -0.313. The zero-order chi connectivity index (χ0) is 82.4. The lowest BCUT2D eigenvalue weighted by Gasteiger charge is -2.48. The molecule has 117 heavy (non-hydrogen) atoms. The molecule has 6 aromatic rings. The summed E-state index contributed by atoms with van der Waals surface area (Å²) in [5, 5.41) is 6.70. The molecule has 2 aliphatic heterocycles. The zero-order valence-electron chi connectivity index (χ0n) is 71.0. The topological polar surface area (TPSA) is 203 Å². The number of esters is 1. The van der Waals surface area contributed by atoms with Gasteiger partial charge in [0.15, 0.2) is 12.6 Å². The number of unbranched alkanes of at least 4 members (excludes halogenated alkanes) is 24. The molecule has 2 aliphatic rings. The van der Waals surface area contributed by atoms with Crippen molar-refractivity contribution in [2.24, 2.45) is 0 Å². The van der Waals surface area contributed by atoms with E-state index in [1.54, 1.807) is 6.08 Å². The highest BCUT2D eigenvalue weighted by atomic mass is 31.2. The van der Waals surface area contributed by atoms with Gasteiger partial charge in [0.05, 0.1) is 78.4 Å². The molecule has 2 fully saturated rings. The highest BCUT2D eigenvalue weighted by Gasteiger charge is 2.54. The fraction of sp³-hybridized carbons (Fsp3) is 0.582. The van der Waals surface area contributed by atoms with E-state index in [2.05, 4.69) is 38.0 Å². The fourth-order valence-corrected chi connectivity index (χ4v) is 16.4. The third kappa shape index (κ3) is 38.7. The highest BCUT2D eigenvalue weighted by Crippen LogP contribution is 2.49. The summed E-state index contributed by atoms with van der Waals surface area (Å²) in [5.74, 6) is -1.08. The van der Waals surface area contributed by atoms with Crippen molar-refractivity contribution in [1.82, 2.24) is 10.6 Å². The number of hydrogen-bond donors (Lipinski definition) is 2. The van der Waals surface area contributed by atoms with Crippen LogP contribution < -0.4 is 10.6 Å². The van der Waals surface area contributed by atoms with Crippen LogP contribution in [0.1, 0.15) is 260 Å². The third-order valence-corrected chi connectivity index (χ3v) is 23.0. The Morgan fingerprint density at radius 1 is 0.402 bits per heavy atom. The van der Waals surface area contributed by atoms with E-state index in [-0.39, 0.29) is 84.0 Å². The standard InChI is InChI=1S/C98H141N2O16P/c1-6-10-13-16-19-22-25-28-49-64-84(107-71-79-54-39-32-40-55-79)68-88(101)99-91-95(109-73-81-58-43-34-44-59-81)93(108-72-80-56-41-33-42-57-80)87(115-97(91)106-67-9-4)77-111-98-92(100-89(102)69-85(65-50-29-26-23-20-17-14-11-7-2)113-90(103)66-51-30-27-24-21-18-15-12-8-3)96(110-74-82-60-45-35-46-61-82)94(86(114-98)76-105-70-78-52-37-31-38-53-78)116-117(5,104)112-75-83-62-47-36-48-63-83/h9,31-48,52-63,84-87,91-98H,4,6-8,10-30,49-51,64-77H2,1-3,5H3,(H,99,101)(H,100,102)/t84-,85-,86?,87?,91?,92?,93?,94?,95?,96?,97?,98?,117?/m1/s1. The second-order valence-electron chi connectivity index (χ2n) is 31.9. The van der Waals surface area contributed by atoms with Crippen molar-refractivity contribution in [2.45, 2.75) is 339 Å². The van der Waals surface area contributed by atoms with Gasteiger partial charge in [-0.15, -0.1) is 6.58 Å². The van der Waals surface area contributed by atoms with Gasteiger partial charge in [-0.05, 0) is 59.1 Å². The molecule has 19 heteroatoms. The highest BCUT2D eigenvalue weighted by molar-refractivity contribution is 7.52. The van der Waals surface area contributed by atoms with E-state index in [0.29, 0.717) is 25.9 Å². The molecule has 0 radical (unpaired) electrons. The summed E-state index contributed by atoms with van der Waals surface area (Å²) in [6.07, 6.45) is 22.8. The van der Waals surface area contributed by atoms with Crippen LogP contribution in [0.2, 0.25) is 0 Å². The normalized spacial score (nSPS) is 20.4. The molecule has 0 aromatic heterocycles. The molecule has 0 bridgehead atoms. The Kier molecular flexibility index (Phi) is 47.7. The summed E-state index contributed by atoms with van der Waals surface area (Å²) < 4.78 is 98.1. The van der Waals surface area contributed by atoms with Gasteiger partial charge in [0, 0.05) is 13.1 Å². The minimum absolute atomic E-state index is 0.00872. The molecule has 644 valence electrons. The van der Waals surface area contributed by atoms with Gasteiger partial charge in [-0.2, -0.15) is 0 Å². The lowest BCUT2D eigenvalue weighted by Crippen LogP contribution is -2.68. The molecule has 8 rings (SSSR count). The van der Waals surface area contributed by atoms with Crippen LogP contribution in [0.3, 0.4) is 0 Å². The smallest absolute Gasteiger partial charge is 0.328 e. The number of amides is 2. The third-order valence-electron chi connectivity index (χ3n) is 21.8. The van der Waals surface area contributed by atoms with E-state index in [1.165, 1.54) is 109 Å². The first-order chi connectivity index (χ1) is 57.4. The molecule has 18 nitrogen and oxygen atoms in total. The SMILES string of the molecule is C=CCOC1OC(COC2OC(COCc3ccccc3)C(OP(C)(=O)OCc3ccccc3)C(OCc3ccccc3)C2NC(=O)C[C@@H](CCCCCCCCCCC)OC(=O)CCCCCCCCCCC)C(OCc2ccccc2)C(OCc2ccccc2)C1NC(=O)C[C@@H](CCCCCCCCCCC)OCc1ccccc1. The van der Waals surface area contributed by atoms with Crippen molar-refractivity contribution in [2.75, 3.05) is 26.5 Å². The summed E-state index contributed by atoms with van der Waals surface area (Å²) in [6.45, 7) is 12.5. The molecule has 0 aliphatic carbocycles. The molecule has 2 N–H and O–H groups in total. The Morgan fingerprint density at radius 3 is 1.19 bits per heavy atom. The molecular weight excluding hydrogens is 1490 g/mol. The van der Waals surface area contributed by atoms with Crippen LogP contribution in [0.25, 0.3) is 0 Å². The van der Waals surface area contributed by atoms with Crippen molar-refractivity contribution in [3.8, 4) is 0 Å². The number of nitrogens with one attached hydrogen (secondary N) is 2. The quantitative estimate of drug-likeness (QED) is 0.0158. The second-order valence-corrected chi connectivity index (χ2v) is 33.9. The van der Waals surface area contributed by atoms with Gasteiger partial charge >= 0.3 is 13.6 Å². The van der Waals surface area contributed by atoms with Crippen molar-refractivity contribution >= 4 is 25.4 Å². The Morgan fingerprint density at radius 2 is 0.752 bits per heavy atom. The average molecular weight is 1630 g/mol. The maximum Gasteiger partial charge on any atom is 0.328 e. The Bertz CT molecular complexity index is 3590. The van der Waals surface area contributed by atoms with Crippen molar-refractivity contribution in [1.29, 1.82) is 0 Å². The molecule has 6 aromatic carbocycles. The van der Waals surface area contributed by atoms with Crippen molar-refractivity contribution in [3.05, 3.63) is 228 Å².